The van der Waals surface area contributed by atoms with Crippen LogP contribution in [0.25, 0.3) is 0 Å². The molecule has 0 aromatic heterocycles. The van der Waals surface area contributed by atoms with Crippen LogP contribution in [0.3, 0.4) is 0 Å². The molecule has 1 aliphatic rings. The molecule has 2 aromatic carbocycles. The Balaban J connectivity index is 1.75. The number of carbonyl (C=O) groups is 1. The maximum atomic E-state index is 12.8. The highest BCUT2D eigenvalue weighted by molar-refractivity contribution is 7.89. The summed E-state index contributed by atoms with van der Waals surface area (Å²) >= 11 is 5.83. The average molecular weight is 404 g/mol. The number of hydrogen-bond acceptors (Lipinski definition) is 4. The zero-order valence-corrected chi connectivity index (χ0v) is 16.0. The van der Waals surface area contributed by atoms with Gasteiger partial charge in [0.15, 0.2) is 0 Å². The van der Waals surface area contributed by atoms with Crippen LogP contribution in [-0.2, 0) is 14.8 Å². The molecule has 1 heterocycles. The average Bonchev–Trinajstić information content (AvgIpc) is 2.69. The first kappa shape index (κ1) is 19.4. The number of sulfonamides is 1. The van der Waals surface area contributed by atoms with E-state index in [4.69, 9.17) is 16.9 Å². The topological polar surface area (TPSA) is 90.3 Å². The van der Waals surface area contributed by atoms with Crippen LogP contribution in [0.5, 0.6) is 0 Å². The zero-order valence-electron chi connectivity index (χ0n) is 14.4. The predicted octanol–water partition coefficient (Wildman–Crippen LogP) is 3.25. The number of benzene rings is 2. The molecule has 3 rings (SSSR count). The summed E-state index contributed by atoms with van der Waals surface area (Å²) in [7, 11) is -3.69. The molecule has 1 atom stereocenters. The lowest BCUT2D eigenvalue weighted by Gasteiger charge is -2.31. The molecule has 1 saturated heterocycles. The first-order valence-corrected chi connectivity index (χ1v) is 10.3. The van der Waals surface area contributed by atoms with Crippen LogP contribution in [0.4, 0.5) is 5.69 Å². The van der Waals surface area contributed by atoms with Crippen LogP contribution in [0.1, 0.15) is 18.4 Å². The number of para-hydroxylation sites is 1. The fourth-order valence-electron chi connectivity index (χ4n) is 3.05. The van der Waals surface area contributed by atoms with Gasteiger partial charge in [-0.2, -0.15) is 9.57 Å². The van der Waals surface area contributed by atoms with Crippen molar-refractivity contribution in [1.29, 1.82) is 5.26 Å². The maximum absolute atomic E-state index is 12.8. The van der Waals surface area contributed by atoms with Crippen LogP contribution in [0.15, 0.2) is 53.4 Å². The second-order valence-corrected chi connectivity index (χ2v) is 8.68. The third kappa shape index (κ3) is 4.30. The van der Waals surface area contributed by atoms with Gasteiger partial charge in [0.2, 0.25) is 15.9 Å². The molecule has 0 radical (unpaired) electrons. The fourth-order valence-corrected chi connectivity index (χ4v) is 4.70. The minimum Gasteiger partial charge on any atom is -0.325 e. The Hall–Kier alpha value is -2.40. The van der Waals surface area contributed by atoms with E-state index in [1.54, 1.807) is 24.3 Å². The Morgan fingerprint density at radius 2 is 1.89 bits per heavy atom. The number of piperidine rings is 1. The van der Waals surface area contributed by atoms with Crippen molar-refractivity contribution in [3.05, 3.63) is 59.1 Å². The highest BCUT2D eigenvalue weighted by Gasteiger charge is 2.33. The van der Waals surface area contributed by atoms with E-state index in [0.717, 1.165) is 0 Å². The minimum atomic E-state index is -3.69. The van der Waals surface area contributed by atoms with E-state index < -0.39 is 15.9 Å². The van der Waals surface area contributed by atoms with Crippen molar-refractivity contribution < 1.29 is 13.2 Å². The lowest BCUT2D eigenvalue weighted by molar-refractivity contribution is -0.120. The number of amides is 1. The largest absolute Gasteiger partial charge is 0.325 e. The number of nitrogens with zero attached hydrogens (tertiary/aromatic N) is 2. The van der Waals surface area contributed by atoms with E-state index in [9.17, 15) is 13.2 Å². The molecule has 0 unspecified atom stereocenters. The number of rotatable bonds is 4. The van der Waals surface area contributed by atoms with E-state index in [1.165, 1.54) is 28.6 Å². The summed E-state index contributed by atoms with van der Waals surface area (Å²) in [6, 6.07) is 14.7. The van der Waals surface area contributed by atoms with Gasteiger partial charge in [0.1, 0.15) is 6.07 Å². The number of nitrogens with one attached hydrogen (secondary N) is 1. The standard InChI is InChI=1S/C19H18ClN3O3S/c20-16-7-9-17(10-8-16)27(25,26)23-11-3-5-15(13-23)19(24)22-18-6-2-1-4-14(18)12-21/h1-2,4,6-10,15H,3,5,11,13H2,(H,22,24)/t15-/m0/s1. The molecule has 8 heteroatoms. The molecule has 1 amide bonds. The van der Waals surface area contributed by atoms with E-state index in [0.29, 0.717) is 35.7 Å². The predicted molar refractivity (Wildman–Crippen MR) is 103 cm³/mol. The molecule has 27 heavy (non-hydrogen) atoms. The molecule has 0 bridgehead atoms. The maximum Gasteiger partial charge on any atom is 0.243 e. The number of carbonyl (C=O) groups excluding carboxylic acids is 1. The third-order valence-electron chi connectivity index (χ3n) is 4.51. The summed E-state index contributed by atoms with van der Waals surface area (Å²) in [6.45, 7) is 0.467. The zero-order chi connectivity index (χ0) is 19.4. The van der Waals surface area contributed by atoms with Crippen LogP contribution in [-0.4, -0.2) is 31.7 Å². The minimum absolute atomic E-state index is 0.103. The summed E-state index contributed by atoms with van der Waals surface area (Å²) < 4.78 is 27.0. The normalized spacial score (nSPS) is 17.9. The lowest BCUT2D eigenvalue weighted by atomic mass is 9.98. The second kappa shape index (κ2) is 8.09. The van der Waals surface area contributed by atoms with Crippen molar-refractivity contribution in [3.8, 4) is 6.07 Å². The Morgan fingerprint density at radius 3 is 2.59 bits per heavy atom. The van der Waals surface area contributed by atoms with Gasteiger partial charge in [-0.3, -0.25) is 4.79 Å². The Bertz CT molecular complexity index is 984. The monoisotopic (exact) mass is 403 g/mol. The van der Waals surface area contributed by atoms with Gasteiger partial charge in [0.25, 0.3) is 0 Å². The molecule has 1 N–H and O–H groups in total. The van der Waals surface area contributed by atoms with Crippen LogP contribution < -0.4 is 5.32 Å². The highest BCUT2D eigenvalue weighted by atomic mass is 35.5. The van der Waals surface area contributed by atoms with Gasteiger partial charge in [0, 0.05) is 18.1 Å². The van der Waals surface area contributed by atoms with Gasteiger partial charge in [-0.05, 0) is 49.2 Å². The number of halogens is 1. The van der Waals surface area contributed by atoms with Crippen LogP contribution in [0.2, 0.25) is 5.02 Å². The number of hydrogen-bond donors (Lipinski definition) is 1. The van der Waals surface area contributed by atoms with Gasteiger partial charge >= 0.3 is 0 Å². The Kier molecular flexibility index (Phi) is 5.80. The quantitative estimate of drug-likeness (QED) is 0.848. The van der Waals surface area contributed by atoms with Crippen molar-refractivity contribution in [2.45, 2.75) is 17.7 Å². The molecule has 0 aliphatic carbocycles. The summed E-state index contributed by atoms with van der Waals surface area (Å²) in [6.07, 6.45) is 1.18. The summed E-state index contributed by atoms with van der Waals surface area (Å²) in [4.78, 5) is 12.8. The van der Waals surface area contributed by atoms with Crippen LogP contribution in [0, 0.1) is 17.2 Å². The molecule has 0 saturated carbocycles. The smallest absolute Gasteiger partial charge is 0.243 e. The van der Waals surface area contributed by atoms with Gasteiger partial charge in [-0.25, -0.2) is 8.42 Å². The molecular weight excluding hydrogens is 386 g/mol. The summed E-state index contributed by atoms with van der Waals surface area (Å²) in [5.41, 5.74) is 0.801. The summed E-state index contributed by atoms with van der Waals surface area (Å²) in [5, 5.41) is 12.3. The van der Waals surface area contributed by atoms with E-state index >= 15 is 0 Å². The SMILES string of the molecule is N#Cc1ccccc1NC(=O)[C@H]1CCCN(S(=O)(=O)c2ccc(Cl)cc2)C1. The molecule has 2 aromatic rings. The van der Waals surface area contributed by atoms with E-state index in [2.05, 4.69) is 5.32 Å². The van der Waals surface area contributed by atoms with Gasteiger partial charge < -0.3 is 5.32 Å². The molecule has 0 spiro atoms. The molecule has 6 nitrogen and oxygen atoms in total. The molecule has 140 valence electrons. The highest BCUT2D eigenvalue weighted by Crippen LogP contribution is 2.26. The number of nitriles is 1. The molecule has 1 aliphatic heterocycles. The second-order valence-electron chi connectivity index (χ2n) is 6.30. The van der Waals surface area contributed by atoms with Crippen molar-refractivity contribution >= 4 is 33.2 Å². The van der Waals surface area contributed by atoms with Crippen molar-refractivity contribution in [1.82, 2.24) is 4.31 Å². The van der Waals surface area contributed by atoms with Crippen molar-refractivity contribution in [2.75, 3.05) is 18.4 Å². The van der Waals surface area contributed by atoms with Crippen LogP contribution >= 0.6 is 11.6 Å². The van der Waals surface area contributed by atoms with Gasteiger partial charge in [-0.15, -0.1) is 0 Å². The molecular formula is C19H18ClN3O3S. The van der Waals surface area contributed by atoms with Crippen molar-refractivity contribution in [2.24, 2.45) is 5.92 Å². The number of anilines is 1. The van der Waals surface area contributed by atoms with E-state index in [1.807, 2.05) is 6.07 Å². The Morgan fingerprint density at radius 1 is 1.19 bits per heavy atom. The summed E-state index contributed by atoms with van der Waals surface area (Å²) in [5.74, 6) is -0.763. The first-order chi connectivity index (χ1) is 12.9. The molecule has 1 fully saturated rings. The third-order valence-corrected chi connectivity index (χ3v) is 6.64. The Labute approximate surface area is 163 Å². The first-order valence-electron chi connectivity index (χ1n) is 8.47. The lowest BCUT2D eigenvalue weighted by Crippen LogP contribution is -2.43. The van der Waals surface area contributed by atoms with Gasteiger partial charge in [0.05, 0.1) is 22.1 Å². The van der Waals surface area contributed by atoms with Gasteiger partial charge in [-0.1, -0.05) is 23.7 Å². The fraction of sp³-hybridized carbons (Fsp3) is 0.263. The van der Waals surface area contributed by atoms with E-state index in [-0.39, 0.29) is 17.3 Å². The van der Waals surface area contributed by atoms with Crippen molar-refractivity contribution in [3.63, 3.8) is 0 Å².